The lowest BCUT2D eigenvalue weighted by Crippen LogP contribution is -2.49. The highest BCUT2D eigenvalue weighted by Crippen LogP contribution is 2.34. The van der Waals surface area contributed by atoms with E-state index >= 15 is 0 Å². The van der Waals surface area contributed by atoms with Gasteiger partial charge in [0.15, 0.2) is 0 Å². The van der Waals surface area contributed by atoms with Crippen LogP contribution in [0.3, 0.4) is 0 Å². The second kappa shape index (κ2) is 7.05. The highest BCUT2D eigenvalue weighted by atomic mass is 16.5. The van der Waals surface area contributed by atoms with E-state index < -0.39 is 0 Å². The second-order valence-corrected chi connectivity index (χ2v) is 7.07. The molecule has 0 amide bonds. The number of hydrogen-bond acceptors (Lipinski definition) is 3. The van der Waals surface area contributed by atoms with Gasteiger partial charge in [-0.1, -0.05) is 13.8 Å². The lowest BCUT2D eigenvalue weighted by Gasteiger charge is -2.41. The van der Waals surface area contributed by atoms with Gasteiger partial charge in [0.2, 0.25) is 0 Å². The molecule has 0 bridgehead atoms. The van der Waals surface area contributed by atoms with Crippen LogP contribution in [0.1, 0.15) is 46.0 Å². The van der Waals surface area contributed by atoms with Gasteiger partial charge in [0, 0.05) is 31.2 Å². The summed E-state index contributed by atoms with van der Waals surface area (Å²) >= 11 is 0. The fraction of sp³-hybridized carbons (Fsp3) is 1.00. The first kappa shape index (κ1) is 15.3. The highest BCUT2D eigenvalue weighted by molar-refractivity contribution is 4.92. The summed E-state index contributed by atoms with van der Waals surface area (Å²) in [5, 5.41) is 3.40. The minimum Gasteiger partial charge on any atom is -0.381 e. The first-order valence-electron chi connectivity index (χ1n) is 8.12. The molecular formula is C16H32N2O. The summed E-state index contributed by atoms with van der Waals surface area (Å²) in [6.07, 6.45) is 6.69. The van der Waals surface area contributed by atoms with Crippen LogP contribution in [0.4, 0.5) is 0 Å². The van der Waals surface area contributed by atoms with Crippen molar-refractivity contribution in [3.63, 3.8) is 0 Å². The molecule has 3 nitrogen and oxygen atoms in total. The van der Waals surface area contributed by atoms with Gasteiger partial charge < -0.3 is 10.1 Å². The van der Waals surface area contributed by atoms with Crippen LogP contribution in [0.15, 0.2) is 0 Å². The lowest BCUT2D eigenvalue weighted by molar-refractivity contribution is -0.0272. The molecule has 2 aliphatic rings. The number of rotatable bonds is 8. The zero-order valence-corrected chi connectivity index (χ0v) is 13.1. The molecule has 1 atom stereocenters. The smallest absolute Gasteiger partial charge is 0.0546 e. The Morgan fingerprint density at radius 1 is 1.37 bits per heavy atom. The van der Waals surface area contributed by atoms with Gasteiger partial charge >= 0.3 is 0 Å². The van der Waals surface area contributed by atoms with Crippen molar-refractivity contribution < 1.29 is 4.74 Å². The fourth-order valence-electron chi connectivity index (χ4n) is 3.29. The number of hydrogen-bond donors (Lipinski definition) is 1. The molecule has 2 rings (SSSR count). The SMILES string of the molecule is CNCC1(CN(CCC(C)C)C2CC2)CCCOC1. The summed E-state index contributed by atoms with van der Waals surface area (Å²) in [4.78, 5) is 2.76. The Balaban J connectivity index is 1.92. The van der Waals surface area contributed by atoms with Gasteiger partial charge in [0.25, 0.3) is 0 Å². The van der Waals surface area contributed by atoms with E-state index in [2.05, 4.69) is 31.1 Å². The van der Waals surface area contributed by atoms with E-state index in [0.29, 0.717) is 5.41 Å². The Morgan fingerprint density at radius 3 is 2.68 bits per heavy atom. The average molecular weight is 268 g/mol. The molecule has 19 heavy (non-hydrogen) atoms. The summed E-state index contributed by atoms with van der Waals surface area (Å²) in [5.41, 5.74) is 0.354. The molecule has 0 radical (unpaired) electrons. The third-order valence-electron chi connectivity index (χ3n) is 4.55. The zero-order chi connectivity index (χ0) is 13.7. The average Bonchev–Trinajstić information content (AvgIpc) is 3.20. The minimum atomic E-state index is 0.354. The van der Waals surface area contributed by atoms with Crippen molar-refractivity contribution in [3.8, 4) is 0 Å². The molecule has 0 aromatic carbocycles. The molecule has 1 saturated heterocycles. The van der Waals surface area contributed by atoms with Gasteiger partial charge in [0.05, 0.1) is 6.61 Å². The first-order chi connectivity index (χ1) is 9.15. The maximum Gasteiger partial charge on any atom is 0.0546 e. The molecule has 1 heterocycles. The summed E-state index contributed by atoms with van der Waals surface area (Å²) in [6.45, 7) is 10.2. The largest absolute Gasteiger partial charge is 0.381 e. The third kappa shape index (κ3) is 4.73. The van der Waals surface area contributed by atoms with Crippen molar-refractivity contribution in [1.29, 1.82) is 0 Å². The Morgan fingerprint density at radius 2 is 2.16 bits per heavy atom. The van der Waals surface area contributed by atoms with Crippen LogP contribution in [-0.2, 0) is 4.74 Å². The van der Waals surface area contributed by atoms with E-state index in [4.69, 9.17) is 4.74 Å². The van der Waals surface area contributed by atoms with E-state index in [1.165, 1.54) is 45.2 Å². The zero-order valence-electron chi connectivity index (χ0n) is 13.1. The predicted octanol–water partition coefficient (Wildman–Crippen LogP) is 2.51. The summed E-state index contributed by atoms with van der Waals surface area (Å²) in [7, 11) is 2.08. The van der Waals surface area contributed by atoms with Crippen LogP contribution in [-0.4, -0.2) is 50.8 Å². The van der Waals surface area contributed by atoms with Crippen LogP contribution >= 0.6 is 0 Å². The van der Waals surface area contributed by atoms with Crippen LogP contribution in [0, 0.1) is 11.3 Å². The molecule has 1 aliphatic heterocycles. The van der Waals surface area contributed by atoms with Crippen LogP contribution in [0.25, 0.3) is 0 Å². The van der Waals surface area contributed by atoms with Crippen molar-refractivity contribution in [1.82, 2.24) is 10.2 Å². The maximum atomic E-state index is 5.80. The summed E-state index contributed by atoms with van der Waals surface area (Å²) < 4.78 is 5.80. The molecule has 1 saturated carbocycles. The van der Waals surface area contributed by atoms with Gasteiger partial charge in [-0.2, -0.15) is 0 Å². The van der Waals surface area contributed by atoms with Crippen LogP contribution in [0.2, 0.25) is 0 Å². The Hall–Kier alpha value is -0.120. The monoisotopic (exact) mass is 268 g/mol. The van der Waals surface area contributed by atoms with E-state index in [1.54, 1.807) is 0 Å². The van der Waals surface area contributed by atoms with Crippen molar-refractivity contribution in [3.05, 3.63) is 0 Å². The molecule has 112 valence electrons. The van der Waals surface area contributed by atoms with Crippen molar-refractivity contribution in [2.45, 2.75) is 52.0 Å². The van der Waals surface area contributed by atoms with Gasteiger partial charge in [0.1, 0.15) is 0 Å². The van der Waals surface area contributed by atoms with E-state index in [-0.39, 0.29) is 0 Å². The highest BCUT2D eigenvalue weighted by Gasteiger charge is 2.38. The fourth-order valence-corrected chi connectivity index (χ4v) is 3.29. The molecule has 3 heteroatoms. The lowest BCUT2D eigenvalue weighted by atomic mass is 9.81. The summed E-state index contributed by atoms with van der Waals surface area (Å²) in [6, 6.07) is 0.870. The number of nitrogens with zero attached hydrogens (tertiary/aromatic N) is 1. The predicted molar refractivity (Wildman–Crippen MR) is 80.5 cm³/mol. The van der Waals surface area contributed by atoms with Crippen molar-refractivity contribution in [2.24, 2.45) is 11.3 Å². The van der Waals surface area contributed by atoms with Gasteiger partial charge in [-0.05, 0) is 51.6 Å². The Bertz CT molecular complexity index is 252. The van der Waals surface area contributed by atoms with Crippen LogP contribution in [0.5, 0.6) is 0 Å². The molecule has 0 aromatic rings. The molecule has 0 spiro atoms. The quantitative estimate of drug-likeness (QED) is 0.732. The molecule has 0 aromatic heterocycles. The number of nitrogens with one attached hydrogen (secondary N) is 1. The molecular weight excluding hydrogens is 236 g/mol. The van der Waals surface area contributed by atoms with Gasteiger partial charge in [-0.25, -0.2) is 0 Å². The summed E-state index contributed by atoms with van der Waals surface area (Å²) in [5.74, 6) is 0.809. The number of ether oxygens (including phenoxy) is 1. The molecule has 1 unspecified atom stereocenters. The van der Waals surface area contributed by atoms with E-state index in [9.17, 15) is 0 Å². The van der Waals surface area contributed by atoms with E-state index in [0.717, 1.165) is 31.7 Å². The van der Waals surface area contributed by atoms with Crippen LogP contribution < -0.4 is 5.32 Å². The Labute approximate surface area is 119 Å². The van der Waals surface area contributed by atoms with Gasteiger partial charge in [-0.15, -0.1) is 0 Å². The molecule has 2 fully saturated rings. The molecule has 1 N–H and O–H groups in total. The van der Waals surface area contributed by atoms with Crippen molar-refractivity contribution >= 4 is 0 Å². The van der Waals surface area contributed by atoms with Crippen molar-refractivity contribution in [2.75, 3.05) is 39.9 Å². The van der Waals surface area contributed by atoms with E-state index in [1.807, 2.05) is 0 Å². The second-order valence-electron chi connectivity index (χ2n) is 7.07. The standard InChI is InChI=1S/C16H32N2O/c1-14(2)7-9-18(15-5-6-15)12-16(11-17-3)8-4-10-19-13-16/h14-15,17H,4-13H2,1-3H3. The molecule has 1 aliphatic carbocycles. The maximum absolute atomic E-state index is 5.80. The first-order valence-corrected chi connectivity index (χ1v) is 8.12. The topological polar surface area (TPSA) is 24.5 Å². The third-order valence-corrected chi connectivity index (χ3v) is 4.55. The normalized spacial score (nSPS) is 28.3. The Kier molecular flexibility index (Phi) is 5.67. The minimum absolute atomic E-state index is 0.354. The van der Waals surface area contributed by atoms with Gasteiger partial charge in [-0.3, -0.25) is 4.90 Å².